The van der Waals surface area contributed by atoms with Gasteiger partial charge in [-0.2, -0.15) is 0 Å². The second-order valence-electron chi connectivity index (χ2n) is 7.56. The molecule has 3 aromatic carbocycles. The molecule has 0 saturated carbocycles. The monoisotopic (exact) mass is 358 g/mol. The molecule has 3 aromatic rings. The Kier molecular flexibility index (Phi) is 4.95. The van der Waals surface area contributed by atoms with Crippen LogP contribution in [0.2, 0.25) is 0 Å². The first-order valence-electron chi connectivity index (χ1n) is 9.68. The van der Waals surface area contributed by atoms with Gasteiger partial charge in [0.05, 0.1) is 12.6 Å². The van der Waals surface area contributed by atoms with Crippen LogP contribution in [0.1, 0.15) is 42.1 Å². The van der Waals surface area contributed by atoms with Gasteiger partial charge in [-0.25, -0.2) is 0 Å². The van der Waals surface area contributed by atoms with Gasteiger partial charge in [-0.1, -0.05) is 60.7 Å². The van der Waals surface area contributed by atoms with E-state index >= 15 is 0 Å². The van der Waals surface area contributed by atoms with E-state index in [0.29, 0.717) is 12.6 Å². The van der Waals surface area contributed by atoms with Crippen LogP contribution in [0.3, 0.4) is 0 Å². The molecule has 1 N–H and O–H groups in total. The van der Waals surface area contributed by atoms with Gasteiger partial charge in [0.1, 0.15) is 0 Å². The molecule has 0 heterocycles. The van der Waals surface area contributed by atoms with E-state index in [1.165, 1.54) is 21.9 Å². The largest absolute Gasteiger partial charge is 0.348 e. The lowest BCUT2D eigenvalue weighted by Crippen LogP contribution is -2.37. The predicted octanol–water partition coefficient (Wildman–Crippen LogP) is 4.64. The number of nitrogens with one attached hydrogen (secondary N) is 1. The fraction of sp³-hybridized carbons (Fsp3) is 0.292. The van der Waals surface area contributed by atoms with Crippen molar-refractivity contribution in [3.05, 3.63) is 83.4 Å². The molecule has 0 aliphatic heterocycles. The van der Waals surface area contributed by atoms with E-state index in [0.717, 1.165) is 18.4 Å². The Morgan fingerprint density at radius 1 is 1.07 bits per heavy atom. The third-order valence-corrected chi connectivity index (χ3v) is 5.68. The molecule has 0 fully saturated rings. The van der Waals surface area contributed by atoms with Crippen molar-refractivity contribution in [2.75, 3.05) is 13.6 Å². The zero-order chi connectivity index (χ0) is 18.8. The Morgan fingerprint density at radius 2 is 1.81 bits per heavy atom. The lowest BCUT2D eigenvalue weighted by atomic mass is 10.0. The number of aryl methyl sites for hydroxylation is 1. The number of amides is 1. The van der Waals surface area contributed by atoms with E-state index in [1.54, 1.807) is 0 Å². The van der Waals surface area contributed by atoms with Gasteiger partial charge in [0, 0.05) is 6.04 Å². The molecule has 0 aromatic heterocycles. The van der Waals surface area contributed by atoms with Crippen LogP contribution in [-0.2, 0) is 11.2 Å². The SMILES string of the molecule is C[C@H](NC(=O)CN(C)[C@H]1CCc2ccccc21)c1ccc2ccccc2c1. The second-order valence-corrected chi connectivity index (χ2v) is 7.56. The summed E-state index contributed by atoms with van der Waals surface area (Å²) in [7, 11) is 2.05. The number of hydrogen-bond acceptors (Lipinski definition) is 2. The van der Waals surface area contributed by atoms with Gasteiger partial charge < -0.3 is 5.32 Å². The van der Waals surface area contributed by atoms with Crippen LogP contribution in [0.15, 0.2) is 66.7 Å². The molecule has 0 radical (unpaired) electrons. The van der Waals surface area contributed by atoms with E-state index in [4.69, 9.17) is 0 Å². The average molecular weight is 358 g/mol. The van der Waals surface area contributed by atoms with Crippen molar-refractivity contribution in [2.45, 2.75) is 31.8 Å². The van der Waals surface area contributed by atoms with Crippen molar-refractivity contribution in [3.8, 4) is 0 Å². The fourth-order valence-electron chi connectivity index (χ4n) is 4.18. The highest BCUT2D eigenvalue weighted by molar-refractivity contribution is 5.83. The third-order valence-electron chi connectivity index (χ3n) is 5.68. The van der Waals surface area contributed by atoms with Crippen molar-refractivity contribution in [1.82, 2.24) is 10.2 Å². The molecule has 3 heteroatoms. The van der Waals surface area contributed by atoms with Crippen molar-refractivity contribution in [2.24, 2.45) is 0 Å². The summed E-state index contributed by atoms with van der Waals surface area (Å²) in [5, 5.41) is 5.58. The molecule has 1 aliphatic carbocycles. The van der Waals surface area contributed by atoms with E-state index in [1.807, 2.05) is 26.1 Å². The summed E-state index contributed by atoms with van der Waals surface area (Å²) in [6, 6.07) is 23.6. The highest BCUT2D eigenvalue weighted by Gasteiger charge is 2.26. The van der Waals surface area contributed by atoms with Crippen LogP contribution in [0.25, 0.3) is 10.8 Å². The van der Waals surface area contributed by atoms with E-state index in [9.17, 15) is 4.79 Å². The normalized spacial score (nSPS) is 17.1. The number of rotatable bonds is 5. The number of hydrogen-bond donors (Lipinski definition) is 1. The summed E-state index contributed by atoms with van der Waals surface area (Å²) < 4.78 is 0. The van der Waals surface area contributed by atoms with Crippen molar-refractivity contribution >= 4 is 16.7 Å². The Bertz CT molecular complexity index is 965. The average Bonchev–Trinajstić information content (AvgIpc) is 3.11. The number of likely N-dealkylation sites (N-methyl/N-ethyl adjacent to an activating group) is 1. The summed E-state index contributed by atoms with van der Waals surface area (Å²) in [5.41, 5.74) is 3.92. The number of nitrogens with zero attached hydrogens (tertiary/aromatic N) is 1. The van der Waals surface area contributed by atoms with Gasteiger partial charge in [-0.05, 0) is 60.3 Å². The van der Waals surface area contributed by atoms with Gasteiger partial charge in [-0.3, -0.25) is 9.69 Å². The molecule has 4 rings (SSSR count). The van der Waals surface area contributed by atoms with E-state index in [-0.39, 0.29) is 11.9 Å². The maximum atomic E-state index is 12.6. The molecule has 0 spiro atoms. The Morgan fingerprint density at radius 3 is 2.67 bits per heavy atom. The van der Waals surface area contributed by atoms with Crippen molar-refractivity contribution in [3.63, 3.8) is 0 Å². The van der Waals surface area contributed by atoms with Crippen molar-refractivity contribution in [1.29, 1.82) is 0 Å². The molecule has 1 aliphatic rings. The summed E-state index contributed by atoms with van der Waals surface area (Å²) in [6.45, 7) is 2.46. The molecule has 1 amide bonds. The zero-order valence-corrected chi connectivity index (χ0v) is 16.0. The van der Waals surface area contributed by atoms with Crippen LogP contribution in [-0.4, -0.2) is 24.4 Å². The van der Waals surface area contributed by atoms with Crippen LogP contribution in [0, 0.1) is 0 Å². The van der Waals surface area contributed by atoms with E-state index < -0.39 is 0 Å². The number of carbonyl (C=O) groups is 1. The quantitative estimate of drug-likeness (QED) is 0.721. The summed E-state index contributed by atoms with van der Waals surface area (Å²) >= 11 is 0. The smallest absolute Gasteiger partial charge is 0.234 e. The Labute approximate surface area is 161 Å². The first-order chi connectivity index (χ1) is 13.1. The Balaban J connectivity index is 1.40. The molecule has 27 heavy (non-hydrogen) atoms. The molecule has 0 bridgehead atoms. The zero-order valence-electron chi connectivity index (χ0n) is 16.0. The van der Waals surface area contributed by atoms with Gasteiger partial charge in [-0.15, -0.1) is 0 Å². The van der Waals surface area contributed by atoms with E-state index in [2.05, 4.69) is 64.8 Å². The van der Waals surface area contributed by atoms with Gasteiger partial charge in [0.25, 0.3) is 0 Å². The van der Waals surface area contributed by atoms with Gasteiger partial charge in [0.15, 0.2) is 0 Å². The molecular weight excluding hydrogens is 332 g/mol. The van der Waals surface area contributed by atoms with Gasteiger partial charge in [0.2, 0.25) is 5.91 Å². The van der Waals surface area contributed by atoms with Crippen LogP contribution < -0.4 is 5.32 Å². The minimum Gasteiger partial charge on any atom is -0.348 e. The molecule has 138 valence electrons. The number of carbonyl (C=O) groups excluding carboxylic acids is 1. The maximum Gasteiger partial charge on any atom is 0.234 e. The number of benzene rings is 3. The summed E-state index contributed by atoms with van der Waals surface area (Å²) in [5.74, 6) is 0.0718. The first kappa shape index (κ1) is 17.7. The van der Waals surface area contributed by atoms with Gasteiger partial charge >= 0.3 is 0 Å². The summed E-state index contributed by atoms with van der Waals surface area (Å²) in [6.07, 6.45) is 2.18. The molecule has 0 unspecified atom stereocenters. The molecule has 3 nitrogen and oxygen atoms in total. The van der Waals surface area contributed by atoms with Crippen LogP contribution in [0.5, 0.6) is 0 Å². The third kappa shape index (κ3) is 3.74. The Hall–Kier alpha value is -2.65. The minimum atomic E-state index is -0.00799. The van der Waals surface area contributed by atoms with Crippen LogP contribution >= 0.6 is 0 Å². The summed E-state index contributed by atoms with van der Waals surface area (Å²) in [4.78, 5) is 14.8. The van der Waals surface area contributed by atoms with Crippen molar-refractivity contribution < 1.29 is 4.79 Å². The fourth-order valence-corrected chi connectivity index (χ4v) is 4.18. The highest BCUT2D eigenvalue weighted by atomic mass is 16.2. The second kappa shape index (κ2) is 7.53. The molecule has 2 atom stereocenters. The lowest BCUT2D eigenvalue weighted by Gasteiger charge is -2.25. The standard InChI is InChI=1S/C24H26N2O/c1-17(20-12-11-18-7-3-4-9-21(18)15-20)25-24(27)16-26(2)23-14-13-19-8-5-6-10-22(19)23/h3-12,15,17,23H,13-14,16H2,1-2H3,(H,25,27)/t17-,23-/m0/s1. The van der Waals surface area contributed by atoms with Crippen LogP contribution in [0.4, 0.5) is 0 Å². The first-order valence-corrected chi connectivity index (χ1v) is 9.68. The lowest BCUT2D eigenvalue weighted by molar-refractivity contribution is -0.123. The minimum absolute atomic E-state index is 0.00799. The molecular formula is C24H26N2O. The number of fused-ring (bicyclic) bond motifs is 2. The highest BCUT2D eigenvalue weighted by Crippen LogP contribution is 2.34. The topological polar surface area (TPSA) is 32.3 Å². The molecule has 0 saturated heterocycles. The maximum absolute atomic E-state index is 12.6. The predicted molar refractivity (Wildman–Crippen MR) is 111 cm³/mol.